The van der Waals surface area contributed by atoms with Gasteiger partial charge < -0.3 is 11.1 Å². The highest BCUT2D eigenvalue weighted by Gasteiger charge is 2.04. The van der Waals surface area contributed by atoms with Crippen LogP contribution in [0.1, 0.15) is 25.3 Å². The van der Waals surface area contributed by atoms with Crippen molar-refractivity contribution in [3.05, 3.63) is 54.1 Å². The average molecular weight is 300 g/mol. The summed E-state index contributed by atoms with van der Waals surface area (Å²) in [4.78, 5) is 13.0. The van der Waals surface area contributed by atoms with Crippen molar-refractivity contribution in [3.63, 3.8) is 0 Å². The Kier molecular flexibility index (Phi) is 5.28. The summed E-state index contributed by atoms with van der Waals surface area (Å²) in [6.45, 7) is 4.34. The first-order valence-electron chi connectivity index (χ1n) is 6.93. The SMILES string of the molecule is CC(C)c1ccc(SCC(=O)Nc2ccc(N)cc2)cc1. The largest absolute Gasteiger partial charge is 0.399 e. The molecule has 2 aromatic carbocycles. The second kappa shape index (κ2) is 7.18. The number of carbonyl (C=O) groups is 1. The summed E-state index contributed by atoms with van der Waals surface area (Å²) in [7, 11) is 0. The Hall–Kier alpha value is -1.94. The number of hydrogen-bond donors (Lipinski definition) is 2. The number of nitrogens with two attached hydrogens (primary N) is 1. The number of thioether (sulfide) groups is 1. The highest BCUT2D eigenvalue weighted by molar-refractivity contribution is 8.00. The molecule has 110 valence electrons. The minimum Gasteiger partial charge on any atom is -0.399 e. The third-order valence-corrected chi connectivity index (χ3v) is 4.12. The molecule has 2 rings (SSSR count). The maximum atomic E-state index is 11.9. The van der Waals surface area contributed by atoms with Gasteiger partial charge in [0.15, 0.2) is 0 Å². The molecule has 0 aliphatic rings. The van der Waals surface area contributed by atoms with Crippen LogP contribution in [0.3, 0.4) is 0 Å². The molecule has 0 atom stereocenters. The van der Waals surface area contributed by atoms with Gasteiger partial charge in [-0.3, -0.25) is 4.79 Å². The fourth-order valence-electron chi connectivity index (χ4n) is 1.86. The van der Waals surface area contributed by atoms with Crippen molar-refractivity contribution in [2.45, 2.75) is 24.7 Å². The van der Waals surface area contributed by atoms with E-state index in [0.29, 0.717) is 17.4 Å². The zero-order valence-electron chi connectivity index (χ0n) is 12.3. The van der Waals surface area contributed by atoms with Crippen LogP contribution in [0.25, 0.3) is 0 Å². The highest BCUT2D eigenvalue weighted by atomic mass is 32.2. The molecule has 0 radical (unpaired) electrons. The van der Waals surface area contributed by atoms with Crippen molar-refractivity contribution in [2.75, 3.05) is 16.8 Å². The van der Waals surface area contributed by atoms with Crippen LogP contribution in [0.5, 0.6) is 0 Å². The minimum atomic E-state index is -0.0160. The van der Waals surface area contributed by atoms with Crippen molar-refractivity contribution in [1.82, 2.24) is 0 Å². The number of anilines is 2. The van der Waals surface area contributed by atoms with Crippen LogP contribution >= 0.6 is 11.8 Å². The molecule has 1 amide bonds. The second-order valence-corrected chi connectivity index (χ2v) is 6.23. The van der Waals surface area contributed by atoms with E-state index in [0.717, 1.165) is 10.6 Å². The van der Waals surface area contributed by atoms with Gasteiger partial charge in [0.1, 0.15) is 0 Å². The number of rotatable bonds is 5. The fraction of sp³-hybridized carbons (Fsp3) is 0.235. The van der Waals surface area contributed by atoms with Crippen LogP contribution in [0.4, 0.5) is 11.4 Å². The third kappa shape index (κ3) is 4.83. The van der Waals surface area contributed by atoms with E-state index in [1.165, 1.54) is 17.3 Å². The number of nitrogen functional groups attached to an aromatic ring is 1. The molecular formula is C17H20N2OS. The minimum absolute atomic E-state index is 0.0160. The summed E-state index contributed by atoms with van der Waals surface area (Å²) in [6.07, 6.45) is 0. The lowest BCUT2D eigenvalue weighted by atomic mass is 10.0. The number of nitrogens with one attached hydrogen (secondary N) is 1. The van der Waals surface area contributed by atoms with E-state index in [2.05, 4.69) is 43.4 Å². The van der Waals surface area contributed by atoms with Gasteiger partial charge in [-0.05, 0) is 47.9 Å². The van der Waals surface area contributed by atoms with Gasteiger partial charge in [-0.2, -0.15) is 0 Å². The third-order valence-electron chi connectivity index (χ3n) is 3.11. The normalized spacial score (nSPS) is 10.6. The monoisotopic (exact) mass is 300 g/mol. The Labute approximate surface area is 129 Å². The first kappa shape index (κ1) is 15.4. The highest BCUT2D eigenvalue weighted by Crippen LogP contribution is 2.22. The molecule has 0 aromatic heterocycles. The van der Waals surface area contributed by atoms with Crippen molar-refractivity contribution in [1.29, 1.82) is 0 Å². The zero-order chi connectivity index (χ0) is 15.2. The van der Waals surface area contributed by atoms with Gasteiger partial charge in [0, 0.05) is 16.3 Å². The molecule has 0 spiro atoms. The molecule has 0 heterocycles. The van der Waals surface area contributed by atoms with E-state index in [1.54, 1.807) is 24.3 Å². The lowest BCUT2D eigenvalue weighted by Gasteiger charge is -2.07. The number of hydrogen-bond acceptors (Lipinski definition) is 3. The van der Waals surface area contributed by atoms with E-state index < -0.39 is 0 Å². The zero-order valence-corrected chi connectivity index (χ0v) is 13.1. The number of carbonyl (C=O) groups excluding carboxylic acids is 1. The lowest BCUT2D eigenvalue weighted by molar-refractivity contribution is -0.113. The smallest absolute Gasteiger partial charge is 0.234 e. The van der Waals surface area contributed by atoms with E-state index in [-0.39, 0.29) is 5.91 Å². The average Bonchev–Trinajstić information content (AvgIpc) is 2.48. The molecule has 0 fully saturated rings. The van der Waals surface area contributed by atoms with E-state index in [4.69, 9.17) is 5.73 Å². The topological polar surface area (TPSA) is 55.1 Å². The molecular weight excluding hydrogens is 280 g/mol. The van der Waals surface area contributed by atoms with Crippen LogP contribution in [0.2, 0.25) is 0 Å². The summed E-state index contributed by atoms with van der Waals surface area (Å²) < 4.78 is 0. The molecule has 4 heteroatoms. The molecule has 2 aromatic rings. The predicted octanol–water partition coefficient (Wildman–Crippen LogP) is 4.12. The molecule has 0 saturated heterocycles. The maximum Gasteiger partial charge on any atom is 0.234 e. The predicted molar refractivity (Wildman–Crippen MR) is 90.7 cm³/mol. The molecule has 21 heavy (non-hydrogen) atoms. The molecule has 3 nitrogen and oxygen atoms in total. The first-order chi connectivity index (χ1) is 10.0. The van der Waals surface area contributed by atoms with Crippen LogP contribution in [0.15, 0.2) is 53.4 Å². The Morgan fingerprint density at radius 2 is 1.71 bits per heavy atom. The summed E-state index contributed by atoms with van der Waals surface area (Å²) in [5, 5.41) is 2.85. The van der Waals surface area contributed by atoms with Gasteiger partial charge in [0.05, 0.1) is 5.75 Å². The van der Waals surface area contributed by atoms with Crippen LogP contribution in [-0.4, -0.2) is 11.7 Å². The molecule has 3 N–H and O–H groups in total. The Morgan fingerprint density at radius 3 is 2.29 bits per heavy atom. The molecule has 0 aliphatic carbocycles. The summed E-state index contributed by atoms with van der Waals surface area (Å²) in [6, 6.07) is 15.5. The first-order valence-corrected chi connectivity index (χ1v) is 7.91. The van der Waals surface area contributed by atoms with Crippen molar-refractivity contribution in [3.8, 4) is 0 Å². The molecule has 0 bridgehead atoms. The Bertz CT molecular complexity index is 591. The van der Waals surface area contributed by atoms with Gasteiger partial charge in [0.2, 0.25) is 5.91 Å². The second-order valence-electron chi connectivity index (χ2n) is 5.18. The van der Waals surface area contributed by atoms with E-state index in [1.807, 2.05) is 0 Å². The van der Waals surface area contributed by atoms with Gasteiger partial charge in [-0.15, -0.1) is 11.8 Å². The maximum absolute atomic E-state index is 11.9. The Morgan fingerprint density at radius 1 is 1.10 bits per heavy atom. The summed E-state index contributed by atoms with van der Waals surface area (Å²) in [5.74, 6) is 0.904. The van der Waals surface area contributed by atoms with Crippen molar-refractivity contribution >= 4 is 29.0 Å². The summed E-state index contributed by atoms with van der Waals surface area (Å²) in [5.41, 5.74) is 8.38. The van der Waals surface area contributed by atoms with Gasteiger partial charge in [-0.1, -0.05) is 26.0 Å². The van der Waals surface area contributed by atoms with Crippen molar-refractivity contribution < 1.29 is 4.79 Å². The van der Waals surface area contributed by atoms with Crippen LogP contribution in [-0.2, 0) is 4.79 Å². The standard InChI is InChI=1S/C17H20N2OS/c1-12(2)13-3-9-16(10-4-13)21-11-17(20)19-15-7-5-14(18)6-8-15/h3-10,12H,11,18H2,1-2H3,(H,19,20). The quantitative estimate of drug-likeness (QED) is 0.645. The molecule has 0 aliphatic heterocycles. The van der Waals surface area contributed by atoms with E-state index >= 15 is 0 Å². The Balaban J connectivity index is 1.84. The van der Waals surface area contributed by atoms with Crippen LogP contribution < -0.4 is 11.1 Å². The summed E-state index contributed by atoms with van der Waals surface area (Å²) >= 11 is 1.53. The van der Waals surface area contributed by atoms with Crippen LogP contribution in [0, 0.1) is 0 Å². The fourth-order valence-corrected chi connectivity index (χ4v) is 2.56. The van der Waals surface area contributed by atoms with Gasteiger partial charge in [0.25, 0.3) is 0 Å². The lowest BCUT2D eigenvalue weighted by Crippen LogP contribution is -2.13. The molecule has 0 saturated carbocycles. The van der Waals surface area contributed by atoms with Crippen molar-refractivity contribution in [2.24, 2.45) is 0 Å². The van der Waals surface area contributed by atoms with Gasteiger partial charge >= 0.3 is 0 Å². The number of benzene rings is 2. The molecule has 0 unspecified atom stereocenters. The van der Waals surface area contributed by atoms with Gasteiger partial charge in [-0.25, -0.2) is 0 Å². The van der Waals surface area contributed by atoms with E-state index in [9.17, 15) is 4.79 Å². The number of amides is 1.